The zero-order valence-electron chi connectivity index (χ0n) is 13.3. The van der Waals surface area contributed by atoms with Gasteiger partial charge in [-0.1, -0.05) is 13.8 Å². The van der Waals surface area contributed by atoms with Crippen LogP contribution in [0.4, 0.5) is 5.82 Å². The minimum atomic E-state index is -0.887. The van der Waals surface area contributed by atoms with Gasteiger partial charge in [0.1, 0.15) is 5.82 Å². The van der Waals surface area contributed by atoms with Gasteiger partial charge in [-0.3, -0.25) is 0 Å². The second kappa shape index (κ2) is 6.43. The fraction of sp³-hybridized carbons (Fsp3) is 0.625. The lowest BCUT2D eigenvalue weighted by Gasteiger charge is -2.37. The van der Waals surface area contributed by atoms with Gasteiger partial charge in [-0.2, -0.15) is 0 Å². The molecular weight excluding hydrogens is 266 g/mol. The lowest BCUT2D eigenvalue weighted by molar-refractivity contribution is 0.0696. The molecular formula is C16H25N3O2. The van der Waals surface area contributed by atoms with Gasteiger partial charge in [0.05, 0.1) is 5.56 Å². The molecule has 0 saturated carbocycles. The van der Waals surface area contributed by atoms with Gasteiger partial charge in [0, 0.05) is 24.8 Å². The van der Waals surface area contributed by atoms with Gasteiger partial charge in [-0.25, -0.2) is 9.78 Å². The third kappa shape index (κ3) is 3.73. The molecule has 2 heterocycles. The Labute approximate surface area is 126 Å². The Balaban J connectivity index is 2.31. The van der Waals surface area contributed by atoms with Crippen molar-refractivity contribution in [3.63, 3.8) is 0 Å². The van der Waals surface area contributed by atoms with Crippen LogP contribution in [0.15, 0.2) is 12.1 Å². The Morgan fingerprint density at radius 2 is 2.14 bits per heavy atom. The molecule has 1 aliphatic heterocycles. The van der Waals surface area contributed by atoms with E-state index in [1.165, 1.54) is 6.42 Å². The van der Waals surface area contributed by atoms with Crippen LogP contribution in [0.3, 0.4) is 0 Å². The Morgan fingerprint density at radius 3 is 2.71 bits per heavy atom. The third-order valence-electron chi connectivity index (χ3n) is 4.12. The van der Waals surface area contributed by atoms with E-state index < -0.39 is 5.97 Å². The highest BCUT2D eigenvalue weighted by Gasteiger charge is 2.23. The van der Waals surface area contributed by atoms with Crippen molar-refractivity contribution in [2.45, 2.75) is 38.6 Å². The van der Waals surface area contributed by atoms with Crippen LogP contribution < -0.4 is 4.90 Å². The molecule has 5 heteroatoms. The lowest BCUT2D eigenvalue weighted by Crippen LogP contribution is -2.45. The number of carboxylic acids is 1. The molecule has 2 rings (SSSR count). The average Bonchev–Trinajstić information content (AvgIpc) is 2.46. The Kier molecular flexibility index (Phi) is 4.83. The molecule has 0 spiro atoms. The van der Waals surface area contributed by atoms with Crippen LogP contribution in [-0.2, 0) is 0 Å². The van der Waals surface area contributed by atoms with Crippen LogP contribution in [0.25, 0.3) is 0 Å². The predicted octanol–water partition coefficient (Wildman–Crippen LogP) is 2.43. The molecule has 0 aliphatic carbocycles. The number of aromatic nitrogens is 1. The van der Waals surface area contributed by atoms with E-state index in [2.05, 4.69) is 28.9 Å². The molecule has 0 radical (unpaired) electrons. The van der Waals surface area contributed by atoms with Gasteiger partial charge in [-0.05, 0) is 45.0 Å². The molecule has 1 atom stereocenters. The van der Waals surface area contributed by atoms with Gasteiger partial charge in [-0.15, -0.1) is 0 Å². The molecule has 21 heavy (non-hydrogen) atoms. The number of carbonyl (C=O) groups is 1. The monoisotopic (exact) mass is 291 g/mol. The van der Waals surface area contributed by atoms with Crippen LogP contribution >= 0.6 is 0 Å². The van der Waals surface area contributed by atoms with Crippen LogP contribution in [0.5, 0.6) is 0 Å². The molecule has 1 unspecified atom stereocenters. The quantitative estimate of drug-likeness (QED) is 0.923. The molecule has 0 amide bonds. The molecule has 1 aromatic heterocycles. The van der Waals surface area contributed by atoms with E-state index in [0.717, 1.165) is 31.0 Å². The second-order valence-corrected chi connectivity index (χ2v) is 6.30. The number of pyridine rings is 1. The van der Waals surface area contributed by atoms with Gasteiger partial charge >= 0.3 is 5.97 Å². The number of hydrogen-bond donors (Lipinski definition) is 1. The van der Waals surface area contributed by atoms with Crippen LogP contribution in [-0.4, -0.2) is 54.2 Å². The van der Waals surface area contributed by atoms with Gasteiger partial charge in [0.25, 0.3) is 0 Å². The maximum absolute atomic E-state index is 11.3. The zero-order chi connectivity index (χ0) is 15.6. The van der Waals surface area contributed by atoms with Crippen molar-refractivity contribution in [1.82, 2.24) is 9.88 Å². The third-order valence-corrected chi connectivity index (χ3v) is 4.12. The van der Waals surface area contributed by atoms with E-state index in [9.17, 15) is 9.90 Å². The van der Waals surface area contributed by atoms with E-state index in [-0.39, 0.29) is 5.92 Å². The van der Waals surface area contributed by atoms with Crippen LogP contribution in [0.1, 0.15) is 48.7 Å². The first-order chi connectivity index (χ1) is 9.88. The van der Waals surface area contributed by atoms with Crippen molar-refractivity contribution >= 4 is 11.8 Å². The first kappa shape index (κ1) is 15.8. The Bertz CT molecular complexity index is 514. The number of hydrogen-bond acceptors (Lipinski definition) is 4. The standard InChI is InChI=1S/C16H25N3O2/c1-11(2)14-8-12(16(20)21)9-15(17-14)19-7-5-6-13(10-19)18(3)4/h8-9,11,13H,5-7,10H2,1-4H3,(H,20,21). The summed E-state index contributed by atoms with van der Waals surface area (Å²) >= 11 is 0. The Hall–Kier alpha value is -1.62. The van der Waals surface area contributed by atoms with E-state index in [1.807, 2.05) is 13.8 Å². The lowest BCUT2D eigenvalue weighted by atomic mass is 10.0. The predicted molar refractivity (Wildman–Crippen MR) is 84.2 cm³/mol. The maximum atomic E-state index is 11.3. The molecule has 116 valence electrons. The van der Waals surface area contributed by atoms with Gasteiger partial charge in [0.2, 0.25) is 0 Å². The van der Waals surface area contributed by atoms with E-state index >= 15 is 0 Å². The number of carboxylic acid groups (broad SMARTS) is 1. The number of rotatable bonds is 4. The number of anilines is 1. The molecule has 1 aromatic rings. The van der Waals surface area contributed by atoms with Crippen molar-refractivity contribution in [3.05, 3.63) is 23.4 Å². The summed E-state index contributed by atoms with van der Waals surface area (Å²) in [7, 11) is 4.18. The van der Waals surface area contributed by atoms with Crippen molar-refractivity contribution in [1.29, 1.82) is 0 Å². The summed E-state index contributed by atoms with van der Waals surface area (Å²) in [4.78, 5) is 20.5. The highest BCUT2D eigenvalue weighted by Crippen LogP contribution is 2.24. The van der Waals surface area contributed by atoms with Crippen molar-refractivity contribution in [2.75, 3.05) is 32.1 Å². The SMILES string of the molecule is CC(C)c1cc(C(=O)O)cc(N2CCCC(N(C)C)C2)n1. The number of aromatic carboxylic acids is 1. The highest BCUT2D eigenvalue weighted by atomic mass is 16.4. The molecule has 0 aromatic carbocycles. The summed E-state index contributed by atoms with van der Waals surface area (Å²) in [6, 6.07) is 3.88. The maximum Gasteiger partial charge on any atom is 0.335 e. The number of piperidine rings is 1. The van der Waals surface area contributed by atoms with Crippen molar-refractivity contribution in [3.8, 4) is 0 Å². The fourth-order valence-electron chi connectivity index (χ4n) is 2.70. The number of likely N-dealkylation sites (N-methyl/N-ethyl adjacent to an activating group) is 1. The normalized spacial score (nSPS) is 19.3. The first-order valence-corrected chi connectivity index (χ1v) is 7.55. The molecule has 1 aliphatic rings. The van der Waals surface area contributed by atoms with Crippen molar-refractivity contribution < 1.29 is 9.90 Å². The van der Waals surface area contributed by atoms with Gasteiger partial charge < -0.3 is 14.9 Å². The highest BCUT2D eigenvalue weighted by molar-refractivity contribution is 5.88. The smallest absolute Gasteiger partial charge is 0.335 e. The van der Waals surface area contributed by atoms with Crippen LogP contribution in [0.2, 0.25) is 0 Å². The molecule has 1 fully saturated rings. The minimum absolute atomic E-state index is 0.220. The van der Waals surface area contributed by atoms with Crippen molar-refractivity contribution in [2.24, 2.45) is 0 Å². The summed E-state index contributed by atoms with van der Waals surface area (Å²) in [5.41, 5.74) is 1.17. The largest absolute Gasteiger partial charge is 0.478 e. The summed E-state index contributed by atoms with van der Waals surface area (Å²) < 4.78 is 0. The summed E-state index contributed by atoms with van der Waals surface area (Å²) in [5.74, 6) is 0.129. The Morgan fingerprint density at radius 1 is 1.43 bits per heavy atom. The second-order valence-electron chi connectivity index (χ2n) is 6.30. The van der Waals surface area contributed by atoms with Crippen LogP contribution in [0, 0.1) is 0 Å². The van der Waals surface area contributed by atoms with Gasteiger partial charge in [0.15, 0.2) is 0 Å². The molecule has 1 N–H and O–H groups in total. The van der Waals surface area contributed by atoms with E-state index in [0.29, 0.717) is 11.6 Å². The molecule has 1 saturated heterocycles. The summed E-state index contributed by atoms with van der Waals surface area (Å²) in [6.07, 6.45) is 2.29. The fourth-order valence-corrected chi connectivity index (χ4v) is 2.70. The summed E-state index contributed by atoms with van der Waals surface area (Å²) in [6.45, 7) is 5.92. The van der Waals surface area contributed by atoms with E-state index in [4.69, 9.17) is 0 Å². The minimum Gasteiger partial charge on any atom is -0.478 e. The number of nitrogens with zero attached hydrogens (tertiary/aromatic N) is 3. The molecule has 0 bridgehead atoms. The van der Waals surface area contributed by atoms with E-state index in [1.54, 1.807) is 12.1 Å². The summed E-state index contributed by atoms with van der Waals surface area (Å²) in [5, 5.41) is 9.30. The molecule has 5 nitrogen and oxygen atoms in total. The topological polar surface area (TPSA) is 56.7 Å². The zero-order valence-corrected chi connectivity index (χ0v) is 13.3. The average molecular weight is 291 g/mol. The first-order valence-electron chi connectivity index (χ1n) is 7.55.